The first-order chi connectivity index (χ1) is 9.74. The average molecular weight is 267 g/mol. The number of aromatic nitrogens is 1. The van der Waals surface area contributed by atoms with E-state index in [1.165, 1.54) is 11.3 Å². The van der Waals surface area contributed by atoms with E-state index in [4.69, 9.17) is 0 Å². The molecule has 1 unspecified atom stereocenters. The van der Waals surface area contributed by atoms with Crippen molar-refractivity contribution < 1.29 is 0 Å². The lowest BCUT2D eigenvalue weighted by Gasteiger charge is -2.36. The van der Waals surface area contributed by atoms with Gasteiger partial charge in [0, 0.05) is 31.4 Å². The highest BCUT2D eigenvalue weighted by Crippen LogP contribution is 2.24. The summed E-state index contributed by atoms with van der Waals surface area (Å²) in [7, 11) is 0. The quantitative estimate of drug-likeness (QED) is 0.907. The molecule has 1 aliphatic heterocycles. The van der Waals surface area contributed by atoms with E-state index >= 15 is 0 Å². The fraction of sp³-hybridized carbons (Fsp3) is 0.353. The molecule has 2 aromatic rings. The van der Waals surface area contributed by atoms with Gasteiger partial charge in [0.1, 0.15) is 0 Å². The maximum atomic E-state index is 4.58. The van der Waals surface area contributed by atoms with Gasteiger partial charge in [-0.2, -0.15) is 0 Å². The van der Waals surface area contributed by atoms with Crippen LogP contribution >= 0.6 is 0 Å². The van der Waals surface area contributed by atoms with Crippen molar-refractivity contribution in [1.82, 2.24) is 10.3 Å². The molecule has 1 N–H and O–H groups in total. The molecule has 0 spiro atoms. The minimum absolute atomic E-state index is 0.394. The lowest BCUT2D eigenvalue weighted by Crippen LogP contribution is -2.46. The number of pyridine rings is 1. The molecular weight excluding hydrogens is 246 g/mol. The fourth-order valence-electron chi connectivity index (χ4n) is 2.89. The lowest BCUT2D eigenvalue weighted by atomic mass is 10.0. The van der Waals surface area contributed by atoms with Gasteiger partial charge in [0.25, 0.3) is 0 Å². The van der Waals surface area contributed by atoms with Crippen LogP contribution in [-0.2, 0) is 0 Å². The smallest absolute Gasteiger partial charge is 0.0608 e. The molecule has 3 nitrogen and oxygen atoms in total. The molecule has 0 aliphatic carbocycles. The van der Waals surface area contributed by atoms with Gasteiger partial charge in [-0.05, 0) is 31.5 Å². The average Bonchev–Trinajstić information content (AvgIpc) is 2.48. The standard InChI is InChI=1S/C17H21N3/c1-13-8-9-17(14(2)19-13)20-11-10-18-16(12-20)15-6-4-3-5-7-15/h3-9,16,18H,10-12H2,1-2H3. The van der Waals surface area contributed by atoms with Crippen LogP contribution in [0.3, 0.4) is 0 Å². The van der Waals surface area contributed by atoms with Gasteiger partial charge in [-0.3, -0.25) is 4.98 Å². The highest BCUT2D eigenvalue weighted by Gasteiger charge is 2.21. The van der Waals surface area contributed by atoms with E-state index in [9.17, 15) is 0 Å². The van der Waals surface area contributed by atoms with Crippen molar-refractivity contribution in [3.8, 4) is 0 Å². The fourth-order valence-corrected chi connectivity index (χ4v) is 2.89. The highest BCUT2D eigenvalue weighted by molar-refractivity contribution is 5.51. The molecule has 1 aliphatic rings. The summed E-state index contributed by atoms with van der Waals surface area (Å²) in [5, 5.41) is 3.60. The Morgan fingerprint density at radius 1 is 1.10 bits per heavy atom. The van der Waals surface area contributed by atoms with E-state index in [1.807, 2.05) is 6.92 Å². The van der Waals surface area contributed by atoms with Crippen molar-refractivity contribution in [3.63, 3.8) is 0 Å². The third kappa shape index (κ3) is 2.68. The van der Waals surface area contributed by atoms with E-state index in [0.29, 0.717) is 6.04 Å². The maximum absolute atomic E-state index is 4.58. The molecule has 3 heteroatoms. The Morgan fingerprint density at radius 3 is 2.65 bits per heavy atom. The zero-order valence-corrected chi connectivity index (χ0v) is 12.1. The maximum Gasteiger partial charge on any atom is 0.0608 e. The Morgan fingerprint density at radius 2 is 1.90 bits per heavy atom. The van der Waals surface area contributed by atoms with Gasteiger partial charge in [0.2, 0.25) is 0 Å². The number of piperazine rings is 1. The normalized spacial score (nSPS) is 19.1. The Bertz CT molecular complexity index is 580. The van der Waals surface area contributed by atoms with Crippen LogP contribution in [0.25, 0.3) is 0 Å². The summed E-state index contributed by atoms with van der Waals surface area (Å²) >= 11 is 0. The Balaban J connectivity index is 1.81. The van der Waals surface area contributed by atoms with Crippen LogP contribution in [0.4, 0.5) is 5.69 Å². The predicted octanol–water partition coefficient (Wildman–Crippen LogP) is 2.85. The Labute approximate surface area is 120 Å². The van der Waals surface area contributed by atoms with Crippen molar-refractivity contribution in [2.45, 2.75) is 19.9 Å². The molecule has 104 valence electrons. The molecule has 0 bridgehead atoms. The first kappa shape index (κ1) is 13.1. The van der Waals surface area contributed by atoms with Crippen molar-refractivity contribution in [3.05, 3.63) is 59.4 Å². The lowest BCUT2D eigenvalue weighted by molar-refractivity contribution is 0.471. The van der Waals surface area contributed by atoms with Crippen LogP contribution in [0.1, 0.15) is 23.0 Å². The summed E-state index contributed by atoms with van der Waals surface area (Å²) in [6, 6.07) is 15.4. The summed E-state index contributed by atoms with van der Waals surface area (Å²) in [6.07, 6.45) is 0. The van der Waals surface area contributed by atoms with E-state index < -0.39 is 0 Å². The van der Waals surface area contributed by atoms with Crippen molar-refractivity contribution in [2.75, 3.05) is 24.5 Å². The molecule has 1 aromatic carbocycles. The number of nitrogens with one attached hydrogen (secondary N) is 1. The molecule has 1 fully saturated rings. The van der Waals surface area contributed by atoms with Crippen LogP contribution in [0.5, 0.6) is 0 Å². The monoisotopic (exact) mass is 267 g/mol. The predicted molar refractivity (Wildman–Crippen MR) is 83.1 cm³/mol. The van der Waals surface area contributed by atoms with Crippen LogP contribution in [0, 0.1) is 13.8 Å². The number of rotatable bonds is 2. The van der Waals surface area contributed by atoms with Crippen molar-refractivity contribution >= 4 is 5.69 Å². The summed E-state index contributed by atoms with van der Waals surface area (Å²) < 4.78 is 0. The summed E-state index contributed by atoms with van der Waals surface area (Å²) in [5.74, 6) is 0. The van der Waals surface area contributed by atoms with Crippen LogP contribution < -0.4 is 10.2 Å². The number of hydrogen-bond donors (Lipinski definition) is 1. The number of hydrogen-bond acceptors (Lipinski definition) is 3. The number of anilines is 1. The highest BCUT2D eigenvalue weighted by atomic mass is 15.2. The second kappa shape index (κ2) is 5.63. The van der Waals surface area contributed by atoms with Gasteiger partial charge >= 0.3 is 0 Å². The third-order valence-electron chi connectivity index (χ3n) is 3.92. The van der Waals surface area contributed by atoms with E-state index in [0.717, 1.165) is 31.0 Å². The third-order valence-corrected chi connectivity index (χ3v) is 3.92. The Kier molecular flexibility index (Phi) is 3.70. The zero-order valence-electron chi connectivity index (χ0n) is 12.1. The first-order valence-electron chi connectivity index (χ1n) is 7.21. The van der Waals surface area contributed by atoms with Gasteiger partial charge in [0.15, 0.2) is 0 Å². The van der Waals surface area contributed by atoms with Gasteiger partial charge < -0.3 is 10.2 Å². The topological polar surface area (TPSA) is 28.2 Å². The molecule has 0 amide bonds. The molecule has 1 atom stereocenters. The van der Waals surface area contributed by atoms with E-state index in [1.54, 1.807) is 0 Å². The van der Waals surface area contributed by atoms with Crippen LogP contribution in [-0.4, -0.2) is 24.6 Å². The van der Waals surface area contributed by atoms with Gasteiger partial charge in [-0.1, -0.05) is 30.3 Å². The molecule has 20 heavy (non-hydrogen) atoms. The largest absolute Gasteiger partial charge is 0.367 e. The van der Waals surface area contributed by atoms with Crippen molar-refractivity contribution in [1.29, 1.82) is 0 Å². The van der Waals surface area contributed by atoms with Crippen LogP contribution in [0.2, 0.25) is 0 Å². The van der Waals surface area contributed by atoms with Gasteiger partial charge in [0.05, 0.1) is 11.4 Å². The molecule has 3 rings (SSSR count). The summed E-state index contributed by atoms with van der Waals surface area (Å²) in [6.45, 7) is 7.18. The second-order valence-corrected chi connectivity index (χ2v) is 5.42. The SMILES string of the molecule is Cc1ccc(N2CCNC(c3ccccc3)C2)c(C)n1. The van der Waals surface area contributed by atoms with Gasteiger partial charge in [-0.25, -0.2) is 0 Å². The second-order valence-electron chi connectivity index (χ2n) is 5.42. The number of benzene rings is 1. The molecule has 0 radical (unpaired) electrons. The van der Waals surface area contributed by atoms with E-state index in [-0.39, 0.29) is 0 Å². The summed E-state index contributed by atoms with van der Waals surface area (Å²) in [5.41, 5.74) is 4.83. The van der Waals surface area contributed by atoms with E-state index in [2.05, 4.69) is 64.6 Å². The van der Waals surface area contributed by atoms with Crippen LogP contribution in [0.15, 0.2) is 42.5 Å². The molecular formula is C17H21N3. The molecule has 2 heterocycles. The minimum atomic E-state index is 0.394. The van der Waals surface area contributed by atoms with Gasteiger partial charge in [-0.15, -0.1) is 0 Å². The minimum Gasteiger partial charge on any atom is -0.367 e. The zero-order chi connectivity index (χ0) is 13.9. The first-order valence-corrected chi connectivity index (χ1v) is 7.21. The molecule has 1 saturated heterocycles. The number of aryl methyl sites for hydroxylation is 2. The summed E-state index contributed by atoms with van der Waals surface area (Å²) in [4.78, 5) is 7.02. The molecule has 0 saturated carbocycles. The molecule has 1 aromatic heterocycles. The number of nitrogens with zero attached hydrogens (tertiary/aromatic N) is 2. The Hall–Kier alpha value is -1.87. The van der Waals surface area contributed by atoms with Crippen molar-refractivity contribution in [2.24, 2.45) is 0 Å².